The molecular weight excluding hydrogens is 419 g/mol. The third-order valence-corrected chi connectivity index (χ3v) is 7.36. The van der Waals surface area contributed by atoms with Gasteiger partial charge in [-0.2, -0.15) is 0 Å². The van der Waals surface area contributed by atoms with Crippen molar-refractivity contribution in [2.45, 2.75) is 64.2 Å². The monoisotopic (exact) mass is 448 g/mol. The molecule has 2 amide bonds. The van der Waals surface area contributed by atoms with E-state index in [0.29, 0.717) is 17.0 Å². The number of aromatic nitrogens is 2. The quantitative estimate of drug-likeness (QED) is 0.648. The second kappa shape index (κ2) is 8.28. The van der Waals surface area contributed by atoms with E-state index in [4.69, 9.17) is 0 Å². The molecule has 7 heteroatoms. The molecule has 0 radical (unpaired) electrons. The molecule has 1 aliphatic carbocycles. The Kier molecular flexibility index (Phi) is 5.43. The molecule has 2 aliphatic rings. The van der Waals surface area contributed by atoms with E-state index < -0.39 is 11.4 Å². The topological polar surface area (TPSA) is 67.2 Å². The van der Waals surface area contributed by atoms with Crippen LogP contribution in [0.5, 0.6) is 0 Å². The molecule has 5 rings (SSSR count). The summed E-state index contributed by atoms with van der Waals surface area (Å²) in [5, 5.41) is 3.24. The van der Waals surface area contributed by atoms with Crippen molar-refractivity contribution >= 4 is 22.8 Å². The van der Waals surface area contributed by atoms with Crippen LogP contribution in [0.1, 0.15) is 55.7 Å². The Bertz CT molecular complexity index is 1220. The molecule has 3 aromatic rings. The first-order chi connectivity index (χ1) is 15.9. The summed E-state index contributed by atoms with van der Waals surface area (Å²) >= 11 is 0. The van der Waals surface area contributed by atoms with E-state index in [1.54, 1.807) is 25.1 Å². The van der Waals surface area contributed by atoms with Crippen LogP contribution in [0.15, 0.2) is 48.5 Å². The number of halogens is 1. The van der Waals surface area contributed by atoms with Gasteiger partial charge in [-0.3, -0.25) is 9.59 Å². The summed E-state index contributed by atoms with van der Waals surface area (Å²) in [5.74, 6) is -0.295. The Labute approximate surface area is 192 Å². The smallest absolute Gasteiger partial charge is 0.291 e. The van der Waals surface area contributed by atoms with Gasteiger partial charge in [-0.25, -0.2) is 9.37 Å². The summed E-state index contributed by atoms with van der Waals surface area (Å²) in [6.07, 6.45) is 4.27. The van der Waals surface area contributed by atoms with Gasteiger partial charge in [0, 0.05) is 11.6 Å². The van der Waals surface area contributed by atoms with Crippen LogP contribution in [0, 0.1) is 11.7 Å². The molecule has 1 aliphatic heterocycles. The molecule has 0 spiro atoms. The minimum absolute atomic E-state index is 0.00114. The Hall–Kier alpha value is -3.22. The fourth-order valence-corrected chi connectivity index (χ4v) is 5.23. The number of benzene rings is 2. The van der Waals surface area contributed by atoms with E-state index >= 15 is 0 Å². The molecule has 1 saturated carbocycles. The van der Waals surface area contributed by atoms with Crippen LogP contribution >= 0.6 is 0 Å². The molecule has 33 heavy (non-hydrogen) atoms. The highest BCUT2D eigenvalue weighted by Crippen LogP contribution is 2.33. The van der Waals surface area contributed by atoms with Crippen LogP contribution in [0.2, 0.25) is 0 Å². The van der Waals surface area contributed by atoms with Crippen LogP contribution in [-0.2, 0) is 17.9 Å². The number of fused-ring (bicyclic) bond motifs is 3. The van der Waals surface area contributed by atoms with E-state index in [0.717, 1.165) is 24.8 Å². The van der Waals surface area contributed by atoms with E-state index in [1.165, 1.54) is 17.4 Å². The van der Waals surface area contributed by atoms with Crippen molar-refractivity contribution in [3.05, 3.63) is 65.7 Å². The van der Waals surface area contributed by atoms with Gasteiger partial charge in [0.2, 0.25) is 5.91 Å². The summed E-state index contributed by atoms with van der Waals surface area (Å²) in [4.78, 5) is 33.6. The molecule has 3 unspecified atom stereocenters. The lowest BCUT2D eigenvalue weighted by molar-refractivity contribution is -0.134. The van der Waals surface area contributed by atoms with Gasteiger partial charge in [0.15, 0.2) is 5.82 Å². The molecule has 3 atom stereocenters. The molecule has 1 aromatic heterocycles. The van der Waals surface area contributed by atoms with Crippen molar-refractivity contribution in [1.29, 1.82) is 0 Å². The number of amides is 2. The lowest BCUT2D eigenvalue weighted by atomic mass is 9.85. The number of para-hydroxylation sites is 2. The van der Waals surface area contributed by atoms with Crippen LogP contribution in [0.4, 0.5) is 4.39 Å². The lowest BCUT2D eigenvalue weighted by Gasteiger charge is -2.44. The molecule has 1 N–H and O–H groups in total. The van der Waals surface area contributed by atoms with E-state index in [9.17, 15) is 14.0 Å². The Balaban J connectivity index is 1.56. The SMILES string of the molecule is CC1CCCCC1NC(=O)C1(C)Cn2c(nc3ccccc32)C(=O)N1Cc1ccccc1F. The Morgan fingerprint density at radius 2 is 1.88 bits per heavy atom. The van der Waals surface area contributed by atoms with E-state index in [-0.39, 0.29) is 36.8 Å². The lowest BCUT2D eigenvalue weighted by Crippen LogP contribution is -2.65. The standard InChI is InChI=1S/C26H29FN4O2/c1-17-9-3-6-12-20(17)29-25(33)26(2)16-30-22-14-8-7-13-21(22)28-23(30)24(32)31(26)15-18-10-4-5-11-19(18)27/h4-5,7-8,10-11,13-14,17,20H,3,6,9,12,15-16H2,1-2H3,(H,29,33). The average molecular weight is 449 g/mol. The summed E-state index contributed by atoms with van der Waals surface area (Å²) in [7, 11) is 0. The zero-order valence-electron chi connectivity index (χ0n) is 19.1. The Morgan fingerprint density at radius 3 is 2.67 bits per heavy atom. The summed E-state index contributed by atoms with van der Waals surface area (Å²) in [6, 6.07) is 14.0. The number of imidazole rings is 1. The van der Waals surface area contributed by atoms with Gasteiger partial charge in [-0.15, -0.1) is 0 Å². The normalized spacial score (nSPS) is 25.2. The van der Waals surface area contributed by atoms with Crippen molar-refractivity contribution in [2.75, 3.05) is 0 Å². The van der Waals surface area contributed by atoms with Crippen molar-refractivity contribution in [3.63, 3.8) is 0 Å². The molecule has 1 fully saturated rings. The second-order valence-corrected chi connectivity index (χ2v) is 9.61. The van der Waals surface area contributed by atoms with Crippen molar-refractivity contribution in [3.8, 4) is 0 Å². The minimum Gasteiger partial charge on any atom is -0.351 e. The zero-order valence-corrected chi connectivity index (χ0v) is 19.1. The number of hydrogen-bond donors (Lipinski definition) is 1. The molecule has 2 heterocycles. The summed E-state index contributed by atoms with van der Waals surface area (Å²) in [5.41, 5.74) is 0.710. The molecular formula is C26H29FN4O2. The van der Waals surface area contributed by atoms with Gasteiger partial charge >= 0.3 is 0 Å². The molecule has 172 valence electrons. The van der Waals surface area contributed by atoms with Crippen molar-refractivity contribution < 1.29 is 14.0 Å². The van der Waals surface area contributed by atoms with Crippen LogP contribution in [0.25, 0.3) is 11.0 Å². The minimum atomic E-state index is -1.19. The number of nitrogens with zero attached hydrogens (tertiary/aromatic N) is 3. The van der Waals surface area contributed by atoms with Gasteiger partial charge in [-0.05, 0) is 43.9 Å². The highest BCUT2D eigenvalue weighted by molar-refractivity contribution is 6.01. The van der Waals surface area contributed by atoms with Gasteiger partial charge in [0.25, 0.3) is 5.91 Å². The van der Waals surface area contributed by atoms with Gasteiger partial charge in [0.1, 0.15) is 11.4 Å². The third-order valence-electron chi connectivity index (χ3n) is 7.36. The first-order valence-corrected chi connectivity index (χ1v) is 11.7. The summed E-state index contributed by atoms with van der Waals surface area (Å²) < 4.78 is 16.4. The highest BCUT2D eigenvalue weighted by Gasteiger charge is 2.49. The van der Waals surface area contributed by atoms with Crippen LogP contribution in [-0.4, -0.2) is 37.8 Å². The average Bonchev–Trinajstić information content (AvgIpc) is 3.18. The maximum atomic E-state index is 14.6. The van der Waals surface area contributed by atoms with Gasteiger partial charge in [0.05, 0.1) is 24.1 Å². The zero-order chi connectivity index (χ0) is 23.2. The Morgan fingerprint density at radius 1 is 1.15 bits per heavy atom. The molecule has 6 nitrogen and oxygen atoms in total. The molecule has 2 aromatic carbocycles. The largest absolute Gasteiger partial charge is 0.351 e. The number of rotatable bonds is 4. The predicted octanol–water partition coefficient (Wildman–Crippen LogP) is 4.29. The van der Waals surface area contributed by atoms with Gasteiger partial charge < -0.3 is 14.8 Å². The van der Waals surface area contributed by atoms with E-state index in [2.05, 4.69) is 17.2 Å². The number of hydrogen-bond acceptors (Lipinski definition) is 3. The highest BCUT2D eigenvalue weighted by atomic mass is 19.1. The number of carbonyl (C=O) groups excluding carboxylic acids is 2. The van der Waals surface area contributed by atoms with Crippen molar-refractivity contribution in [1.82, 2.24) is 19.8 Å². The maximum Gasteiger partial charge on any atom is 0.291 e. The second-order valence-electron chi connectivity index (χ2n) is 9.61. The first kappa shape index (κ1) is 21.6. The van der Waals surface area contributed by atoms with Crippen LogP contribution < -0.4 is 5.32 Å². The fourth-order valence-electron chi connectivity index (χ4n) is 5.23. The fraction of sp³-hybridized carbons (Fsp3) is 0.423. The summed E-state index contributed by atoms with van der Waals surface area (Å²) in [6.45, 7) is 4.21. The van der Waals surface area contributed by atoms with Crippen molar-refractivity contribution in [2.24, 2.45) is 5.92 Å². The molecule has 0 saturated heterocycles. The first-order valence-electron chi connectivity index (χ1n) is 11.7. The third kappa shape index (κ3) is 3.69. The predicted molar refractivity (Wildman–Crippen MR) is 124 cm³/mol. The maximum absolute atomic E-state index is 14.6. The molecule has 0 bridgehead atoms. The number of nitrogens with one attached hydrogen (secondary N) is 1. The van der Waals surface area contributed by atoms with Gasteiger partial charge in [-0.1, -0.05) is 50.1 Å². The van der Waals surface area contributed by atoms with E-state index in [1.807, 2.05) is 28.8 Å². The van der Waals surface area contributed by atoms with Crippen LogP contribution in [0.3, 0.4) is 0 Å². The number of carbonyl (C=O) groups is 2.